The molecule has 1 N–H and O–H groups in total. The van der Waals surface area contributed by atoms with E-state index >= 15 is 0 Å². The smallest absolute Gasteiger partial charge is 0.256 e. The van der Waals surface area contributed by atoms with E-state index in [0.717, 1.165) is 35.2 Å². The number of allylic oxidation sites excluding steroid dienone is 2. The van der Waals surface area contributed by atoms with Gasteiger partial charge in [0.25, 0.3) is 6.43 Å². The molecule has 0 atom stereocenters. The van der Waals surface area contributed by atoms with E-state index in [0.29, 0.717) is 45.2 Å². The summed E-state index contributed by atoms with van der Waals surface area (Å²) in [6.07, 6.45) is -2.34. The number of nitrogens with zero attached hydrogens (tertiary/aromatic N) is 1. The van der Waals surface area contributed by atoms with Crippen LogP contribution in [0.2, 0.25) is 10.0 Å². The number of nitrogens with one attached hydrogen (secondary N) is 1. The van der Waals surface area contributed by atoms with Crippen molar-refractivity contribution in [2.45, 2.75) is 32.1 Å². The van der Waals surface area contributed by atoms with E-state index in [1.54, 1.807) is 30.3 Å². The average molecular weight is 764 g/mol. The first-order chi connectivity index (χ1) is 24.8. The predicted molar refractivity (Wildman–Crippen MR) is 187 cm³/mol. The highest BCUT2D eigenvalue weighted by Crippen LogP contribution is 2.43. The normalized spacial score (nSPS) is 14.7. The highest BCUT2D eigenvalue weighted by molar-refractivity contribution is 6.33. The molecular formula is C38H30Cl2F6N2O4. The molecule has 6 rings (SSSR count). The van der Waals surface area contributed by atoms with Gasteiger partial charge in [-0.1, -0.05) is 35.3 Å². The maximum Gasteiger partial charge on any atom is 0.256 e. The molecule has 4 aromatic carbocycles. The number of amides is 2. The van der Waals surface area contributed by atoms with E-state index in [2.05, 4.69) is 5.32 Å². The number of carbonyl (C=O) groups is 2. The lowest BCUT2D eigenvalue weighted by Gasteiger charge is -2.33. The van der Waals surface area contributed by atoms with Gasteiger partial charge in [0.2, 0.25) is 11.8 Å². The molecule has 0 aliphatic carbocycles. The molecule has 2 aliphatic rings. The Hall–Kier alpha value is -4.94. The molecule has 2 amide bonds. The third kappa shape index (κ3) is 8.24. The summed E-state index contributed by atoms with van der Waals surface area (Å²) in [7, 11) is 2.95. The van der Waals surface area contributed by atoms with Crippen molar-refractivity contribution in [2.24, 2.45) is 0 Å². The second kappa shape index (κ2) is 16.6. The standard InChI is InChI=1S/C20H16ClF4NO2.C18H14ClF2NO2/c1-28-11-5-7-14(21)13(9-11)12-6-8-18(27)26(10-17(24)25)20(12)19-15(22)3-2-4-16(19)23;1-24-10-5-7-13(19)12(9-10)11-6-8-16(23)22-18(11)17-14(20)3-2-4-15(17)21/h2-5,7,9,17H,6,8,10H2,1H3;2-5,7,9H,6,8H2,1H3,(H,22,23). The summed E-state index contributed by atoms with van der Waals surface area (Å²) in [5, 5.41) is 3.25. The lowest BCUT2D eigenvalue weighted by molar-refractivity contribution is -0.129. The SMILES string of the molecule is COc1ccc(Cl)c(C2=C(c3c(F)cccc3F)N(CC(F)F)C(=O)CC2)c1.COc1ccc(Cl)c(C2=C(c3c(F)cccc3F)NC(=O)CC2)c1. The first-order valence-electron chi connectivity index (χ1n) is 15.8. The van der Waals surface area contributed by atoms with Gasteiger partial charge >= 0.3 is 0 Å². The monoisotopic (exact) mass is 762 g/mol. The van der Waals surface area contributed by atoms with Crippen LogP contribution >= 0.6 is 23.2 Å². The van der Waals surface area contributed by atoms with Crippen LogP contribution in [0.4, 0.5) is 26.3 Å². The number of methoxy groups -OCH3 is 2. The first-order valence-corrected chi connectivity index (χ1v) is 16.5. The summed E-state index contributed by atoms with van der Waals surface area (Å²) in [5.74, 6) is -3.35. The maximum atomic E-state index is 14.6. The minimum absolute atomic E-state index is 0.0881. The van der Waals surface area contributed by atoms with Gasteiger partial charge in [-0.3, -0.25) is 9.59 Å². The average Bonchev–Trinajstić information content (AvgIpc) is 3.10. The second-order valence-electron chi connectivity index (χ2n) is 11.5. The van der Waals surface area contributed by atoms with E-state index in [4.69, 9.17) is 32.7 Å². The Balaban J connectivity index is 0.000000203. The van der Waals surface area contributed by atoms with Crippen molar-refractivity contribution in [3.05, 3.63) is 128 Å². The molecular weight excluding hydrogens is 733 g/mol. The number of alkyl halides is 2. The van der Waals surface area contributed by atoms with Gasteiger partial charge in [-0.25, -0.2) is 26.3 Å². The van der Waals surface area contributed by atoms with Crippen molar-refractivity contribution in [1.29, 1.82) is 0 Å². The Morgan fingerprint density at radius 1 is 0.692 bits per heavy atom. The van der Waals surface area contributed by atoms with Crippen LogP contribution < -0.4 is 14.8 Å². The maximum absolute atomic E-state index is 14.6. The third-order valence-corrected chi connectivity index (χ3v) is 9.00. The van der Waals surface area contributed by atoms with Crippen LogP contribution in [0.25, 0.3) is 22.5 Å². The number of carbonyl (C=O) groups excluding carboxylic acids is 2. The number of benzene rings is 4. The molecule has 2 aliphatic heterocycles. The number of hydrogen-bond acceptors (Lipinski definition) is 4. The van der Waals surface area contributed by atoms with Gasteiger partial charge in [0, 0.05) is 34.0 Å². The van der Waals surface area contributed by atoms with Gasteiger partial charge in [0.1, 0.15) is 34.8 Å². The number of ether oxygens (including phenoxy) is 2. The number of rotatable bonds is 8. The van der Waals surface area contributed by atoms with Crippen LogP contribution in [-0.2, 0) is 9.59 Å². The van der Waals surface area contributed by atoms with E-state index < -0.39 is 47.7 Å². The zero-order valence-corrected chi connectivity index (χ0v) is 29.2. The zero-order valence-electron chi connectivity index (χ0n) is 27.6. The van der Waals surface area contributed by atoms with Crippen LogP contribution in [0.1, 0.15) is 47.9 Å². The van der Waals surface area contributed by atoms with Gasteiger partial charge in [-0.2, -0.15) is 0 Å². The molecule has 0 saturated heterocycles. The molecule has 0 saturated carbocycles. The summed E-state index contributed by atoms with van der Waals surface area (Å²) in [6.45, 7) is -0.979. The highest BCUT2D eigenvalue weighted by atomic mass is 35.5. The highest BCUT2D eigenvalue weighted by Gasteiger charge is 2.34. The molecule has 0 aromatic heterocycles. The molecule has 0 unspecified atom stereocenters. The molecule has 4 aromatic rings. The first kappa shape index (κ1) is 38.3. The van der Waals surface area contributed by atoms with Crippen LogP contribution in [-0.4, -0.2) is 43.9 Å². The van der Waals surface area contributed by atoms with E-state index in [-0.39, 0.29) is 47.1 Å². The van der Waals surface area contributed by atoms with Gasteiger partial charge in [0.05, 0.1) is 43.3 Å². The van der Waals surface area contributed by atoms with Crippen LogP contribution in [0, 0.1) is 23.3 Å². The summed E-state index contributed by atoms with van der Waals surface area (Å²) < 4.78 is 94.2. The zero-order chi connectivity index (χ0) is 37.7. The predicted octanol–water partition coefficient (Wildman–Crippen LogP) is 9.79. The molecule has 0 radical (unpaired) electrons. The van der Waals surface area contributed by atoms with Crippen molar-refractivity contribution < 1.29 is 45.4 Å². The molecule has 6 nitrogen and oxygen atoms in total. The molecule has 52 heavy (non-hydrogen) atoms. The van der Waals surface area contributed by atoms with Crippen molar-refractivity contribution in [3.8, 4) is 11.5 Å². The Labute approximate surface area is 305 Å². The van der Waals surface area contributed by atoms with Crippen LogP contribution in [0.15, 0.2) is 72.8 Å². The van der Waals surface area contributed by atoms with E-state index in [1.165, 1.54) is 26.4 Å². The fourth-order valence-electron chi connectivity index (χ4n) is 5.96. The van der Waals surface area contributed by atoms with Gasteiger partial charge in [0.15, 0.2) is 0 Å². The molecule has 0 fully saturated rings. The topological polar surface area (TPSA) is 67.9 Å². The second-order valence-corrected chi connectivity index (χ2v) is 12.3. The quantitative estimate of drug-likeness (QED) is 0.182. The molecule has 14 heteroatoms. The van der Waals surface area contributed by atoms with Crippen molar-refractivity contribution in [1.82, 2.24) is 10.2 Å². The molecule has 0 bridgehead atoms. The Kier molecular flexibility index (Phi) is 12.2. The van der Waals surface area contributed by atoms with Crippen molar-refractivity contribution in [2.75, 3.05) is 20.8 Å². The molecule has 0 spiro atoms. The lowest BCUT2D eigenvalue weighted by Crippen LogP contribution is -2.37. The van der Waals surface area contributed by atoms with E-state index in [9.17, 15) is 35.9 Å². The molecule has 2 heterocycles. The van der Waals surface area contributed by atoms with Crippen molar-refractivity contribution >= 4 is 57.6 Å². The minimum atomic E-state index is -2.88. The summed E-state index contributed by atoms with van der Waals surface area (Å²) in [6, 6.07) is 16.5. The molecule has 272 valence electrons. The summed E-state index contributed by atoms with van der Waals surface area (Å²) in [5.41, 5.74) is 0.888. The number of halogens is 8. The lowest BCUT2D eigenvalue weighted by atomic mass is 9.90. The van der Waals surface area contributed by atoms with Gasteiger partial charge in [-0.05, 0) is 84.7 Å². The van der Waals surface area contributed by atoms with Crippen LogP contribution in [0.5, 0.6) is 11.5 Å². The fourth-order valence-corrected chi connectivity index (χ4v) is 6.42. The summed E-state index contributed by atoms with van der Waals surface area (Å²) in [4.78, 5) is 24.9. The van der Waals surface area contributed by atoms with Gasteiger partial charge in [-0.15, -0.1) is 0 Å². The minimum Gasteiger partial charge on any atom is -0.497 e. The van der Waals surface area contributed by atoms with E-state index in [1.807, 2.05) is 0 Å². The van der Waals surface area contributed by atoms with Crippen molar-refractivity contribution in [3.63, 3.8) is 0 Å². The van der Waals surface area contributed by atoms with Crippen LogP contribution in [0.3, 0.4) is 0 Å². The Bertz CT molecular complexity index is 2050. The number of hydrogen-bond donors (Lipinski definition) is 1. The summed E-state index contributed by atoms with van der Waals surface area (Å²) >= 11 is 12.5. The Morgan fingerprint density at radius 3 is 1.67 bits per heavy atom. The third-order valence-electron chi connectivity index (χ3n) is 8.34. The Morgan fingerprint density at radius 2 is 1.17 bits per heavy atom. The largest absolute Gasteiger partial charge is 0.497 e. The fraction of sp³-hybridized carbons (Fsp3) is 0.211. The van der Waals surface area contributed by atoms with Gasteiger partial charge < -0.3 is 19.7 Å².